The van der Waals surface area contributed by atoms with E-state index in [0.717, 1.165) is 31.3 Å². The maximum atomic E-state index is 5.85. The van der Waals surface area contributed by atoms with Crippen molar-refractivity contribution in [3.8, 4) is 0 Å². The van der Waals surface area contributed by atoms with Crippen LogP contribution in [0.2, 0.25) is 5.02 Å². The molecular weight excluding hydrogens is 210 g/mol. The summed E-state index contributed by atoms with van der Waals surface area (Å²) in [7, 11) is 0. The van der Waals surface area contributed by atoms with E-state index in [2.05, 4.69) is 11.8 Å². The van der Waals surface area contributed by atoms with Gasteiger partial charge in [0.15, 0.2) is 0 Å². The Hall–Kier alpha value is -0.570. The molecule has 1 aromatic rings. The molecule has 2 rings (SSSR count). The fraction of sp³-hybridized carbons (Fsp3) is 0.417. The lowest BCUT2D eigenvalue weighted by molar-refractivity contribution is 0.0248. The monoisotopic (exact) mass is 224 g/mol. The second kappa shape index (κ2) is 4.97. The quantitative estimate of drug-likeness (QED) is 0.766. The van der Waals surface area contributed by atoms with Crippen LogP contribution in [0.1, 0.15) is 11.6 Å². The highest BCUT2D eigenvalue weighted by Crippen LogP contribution is 2.22. The highest BCUT2D eigenvalue weighted by Gasteiger charge is 2.18. The molecule has 0 aliphatic carbocycles. The third-order valence-electron chi connectivity index (χ3n) is 2.74. The molecule has 1 radical (unpaired) electrons. The predicted molar refractivity (Wildman–Crippen MR) is 61.9 cm³/mol. The molecule has 1 heterocycles. The summed E-state index contributed by atoms with van der Waals surface area (Å²) in [6, 6.07) is 8.10. The van der Waals surface area contributed by atoms with Crippen LogP contribution in [0.4, 0.5) is 0 Å². The number of rotatable bonds is 2. The first kappa shape index (κ1) is 10.9. The molecule has 0 N–H and O–H groups in total. The molecule has 0 aromatic heterocycles. The van der Waals surface area contributed by atoms with Crippen molar-refractivity contribution in [1.29, 1.82) is 0 Å². The fourth-order valence-electron chi connectivity index (χ4n) is 1.78. The minimum absolute atomic E-state index is 0.200. The highest BCUT2D eigenvalue weighted by molar-refractivity contribution is 6.30. The summed E-state index contributed by atoms with van der Waals surface area (Å²) in [5.41, 5.74) is 1.21. The number of hydrogen-bond donors (Lipinski definition) is 0. The van der Waals surface area contributed by atoms with Crippen LogP contribution in [0.15, 0.2) is 24.3 Å². The van der Waals surface area contributed by atoms with Gasteiger partial charge in [-0.1, -0.05) is 23.7 Å². The zero-order valence-electron chi connectivity index (χ0n) is 8.66. The van der Waals surface area contributed by atoms with Gasteiger partial charge in [0.2, 0.25) is 0 Å². The minimum atomic E-state index is 0.200. The van der Waals surface area contributed by atoms with Gasteiger partial charge in [0.05, 0.1) is 13.2 Å². The second-order valence-corrected chi connectivity index (χ2v) is 4.15. The van der Waals surface area contributed by atoms with Gasteiger partial charge in [0.1, 0.15) is 0 Å². The molecule has 1 saturated heterocycles. The van der Waals surface area contributed by atoms with E-state index in [9.17, 15) is 0 Å². The van der Waals surface area contributed by atoms with Gasteiger partial charge in [0, 0.05) is 24.2 Å². The first-order chi connectivity index (χ1) is 7.27. The van der Waals surface area contributed by atoms with Crippen molar-refractivity contribution in [3.05, 3.63) is 41.8 Å². The van der Waals surface area contributed by atoms with Crippen LogP contribution in [0.25, 0.3) is 0 Å². The normalized spacial score (nSPS) is 20.1. The molecule has 1 aromatic carbocycles. The van der Waals surface area contributed by atoms with E-state index in [0.29, 0.717) is 0 Å². The standard InChI is InChI=1S/C12H15ClNO/c1-10(14-6-8-15-9-7-14)11-2-4-12(13)5-3-11/h2-5,10H,1,6-9H2. The lowest BCUT2D eigenvalue weighted by atomic mass is 10.1. The number of halogens is 1. The van der Waals surface area contributed by atoms with Gasteiger partial charge < -0.3 is 4.74 Å². The summed E-state index contributed by atoms with van der Waals surface area (Å²) >= 11 is 5.85. The van der Waals surface area contributed by atoms with Gasteiger partial charge in [-0.3, -0.25) is 4.90 Å². The second-order valence-electron chi connectivity index (χ2n) is 3.72. The van der Waals surface area contributed by atoms with E-state index >= 15 is 0 Å². The molecule has 3 heteroatoms. The van der Waals surface area contributed by atoms with E-state index in [1.165, 1.54) is 5.56 Å². The third kappa shape index (κ3) is 2.71. The van der Waals surface area contributed by atoms with Gasteiger partial charge in [-0.15, -0.1) is 0 Å². The van der Waals surface area contributed by atoms with Gasteiger partial charge in [-0.2, -0.15) is 0 Å². The lowest BCUT2D eigenvalue weighted by Gasteiger charge is -2.32. The van der Waals surface area contributed by atoms with Crippen LogP contribution >= 0.6 is 11.6 Å². The summed E-state index contributed by atoms with van der Waals surface area (Å²) in [6.45, 7) is 7.71. The third-order valence-corrected chi connectivity index (χ3v) is 2.99. The Morgan fingerprint density at radius 2 is 1.80 bits per heavy atom. The zero-order valence-corrected chi connectivity index (χ0v) is 9.41. The first-order valence-electron chi connectivity index (χ1n) is 5.18. The Bertz CT molecular complexity index is 306. The summed E-state index contributed by atoms with van der Waals surface area (Å²) in [6.07, 6.45) is 0. The van der Waals surface area contributed by atoms with E-state index in [4.69, 9.17) is 16.3 Å². The molecule has 1 aliphatic rings. The summed E-state index contributed by atoms with van der Waals surface area (Å²) in [5.74, 6) is 0. The smallest absolute Gasteiger partial charge is 0.0594 e. The molecule has 0 spiro atoms. The minimum Gasteiger partial charge on any atom is -0.379 e. The van der Waals surface area contributed by atoms with Crippen LogP contribution in [0.3, 0.4) is 0 Å². The Labute approximate surface area is 95.8 Å². The maximum Gasteiger partial charge on any atom is 0.0594 e. The van der Waals surface area contributed by atoms with Crippen LogP contribution in [0.5, 0.6) is 0 Å². The summed E-state index contributed by atoms with van der Waals surface area (Å²) in [5, 5.41) is 0.771. The molecule has 81 valence electrons. The molecule has 1 aliphatic heterocycles. The molecule has 0 bridgehead atoms. The predicted octanol–water partition coefficient (Wildman–Crippen LogP) is 2.55. The molecule has 2 nitrogen and oxygen atoms in total. The van der Waals surface area contributed by atoms with Crippen molar-refractivity contribution in [1.82, 2.24) is 4.90 Å². The Kier molecular flexibility index (Phi) is 3.62. The van der Waals surface area contributed by atoms with Crippen LogP contribution in [0, 0.1) is 6.92 Å². The van der Waals surface area contributed by atoms with Crippen molar-refractivity contribution in [2.24, 2.45) is 0 Å². The molecule has 0 saturated carbocycles. The number of ether oxygens (including phenoxy) is 1. The Morgan fingerprint density at radius 3 is 2.40 bits per heavy atom. The van der Waals surface area contributed by atoms with E-state index in [-0.39, 0.29) is 6.04 Å². The summed E-state index contributed by atoms with van der Waals surface area (Å²) in [4.78, 5) is 2.33. The van der Waals surface area contributed by atoms with Gasteiger partial charge in [0.25, 0.3) is 0 Å². The molecule has 1 fully saturated rings. The van der Waals surface area contributed by atoms with Gasteiger partial charge in [-0.25, -0.2) is 0 Å². The van der Waals surface area contributed by atoms with Crippen LogP contribution in [-0.2, 0) is 4.74 Å². The van der Waals surface area contributed by atoms with Crippen molar-refractivity contribution < 1.29 is 4.74 Å². The van der Waals surface area contributed by atoms with E-state index in [1.807, 2.05) is 24.3 Å². The maximum absolute atomic E-state index is 5.85. The number of morpholine rings is 1. The van der Waals surface area contributed by atoms with Gasteiger partial charge >= 0.3 is 0 Å². The summed E-state index contributed by atoms with van der Waals surface area (Å²) < 4.78 is 5.31. The number of hydrogen-bond acceptors (Lipinski definition) is 2. The average molecular weight is 225 g/mol. The largest absolute Gasteiger partial charge is 0.379 e. The van der Waals surface area contributed by atoms with Crippen molar-refractivity contribution in [2.45, 2.75) is 6.04 Å². The fourth-order valence-corrected chi connectivity index (χ4v) is 1.91. The zero-order chi connectivity index (χ0) is 10.7. The molecule has 0 amide bonds. The van der Waals surface area contributed by atoms with Crippen molar-refractivity contribution >= 4 is 11.6 Å². The number of nitrogens with zero attached hydrogens (tertiary/aromatic N) is 1. The molecule has 15 heavy (non-hydrogen) atoms. The van der Waals surface area contributed by atoms with E-state index in [1.54, 1.807) is 0 Å². The van der Waals surface area contributed by atoms with Crippen LogP contribution < -0.4 is 0 Å². The van der Waals surface area contributed by atoms with E-state index < -0.39 is 0 Å². The van der Waals surface area contributed by atoms with Gasteiger partial charge in [-0.05, 0) is 24.6 Å². The molecular formula is C12H15ClNO. The lowest BCUT2D eigenvalue weighted by Crippen LogP contribution is -2.38. The molecule has 1 unspecified atom stereocenters. The number of benzene rings is 1. The first-order valence-corrected chi connectivity index (χ1v) is 5.55. The topological polar surface area (TPSA) is 12.5 Å². The average Bonchev–Trinajstić information content (AvgIpc) is 2.30. The Balaban J connectivity index is 2.05. The van der Waals surface area contributed by atoms with Crippen LogP contribution in [-0.4, -0.2) is 31.2 Å². The van der Waals surface area contributed by atoms with Crippen molar-refractivity contribution in [2.75, 3.05) is 26.3 Å². The molecule has 1 atom stereocenters. The highest BCUT2D eigenvalue weighted by atomic mass is 35.5. The van der Waals surface area contributed by atoms with Crippen molar-refractivity contribution in [3.63, 3.8) is 0 Å². The SMILES string of the molecule is [CH2]C(c1ccc(Cl)cc1)N1CCOCC1. The Morgan fingerprint density at radius 1 is 1.20 bits per heavy atom.